The van der Waals surface area contributed by atoms with Gasteiger partial charge in [0.1, 0.15) is 6.61 Å². The Kier molecular flexibility index (Phi) is 7.40. The largest absolute Gasteiger partial charge is 0.378 e. The fraction of sp³-hybridized carbons (Fsp3) is 0.611. The maximum atomic E-state index is 12.2. The molecule has 0 radical (unpaired) electrons. The van der Waals surface area contributed by atoms with Gasteiger partial charge in [-0.25, -0.2) is 0 Å². The summed E-state index contributed by atoms with van der Waals surface area (Å²) in [5.41, 5.74) is 1.10. The first-order valence-electron chi connectivity index (χ1n) is 8.30. The zero-order valence-corrected chi connectivity index (χ0v) is 13.5. The van der Waals surface area contributed by atoms with E-state index in [0.29, 0.717) is 12.7 Å². The van der Waals surface area contributed by atoms with Crippen LogP contribution in [0.4, 0.5) is 0 Å². The van der Waals surface area contributed by atoms with Crippen molar-refractivity contribution in [1.82, 2.24) is 4.90 Å². The minimum Gasteiger partial charge on any atom is -0.378 e. The Morgan fingerprint density at radius 3 is 2.82 bits per heavy atom. The number of rotatable bonds is 7. The van der Waals surface area contributed by atoms with Crippen LogP contribution in [-0.4, -0.2) is 43.2 Å². The SMILES string of the molecule is CCCO[C@@H]1CCCN(C(=O)COCc2ccccc2)CC1. The number of likely N-dealkylation sites (tertiary alicyclic amines) is 1. The van der Waals surface area contributed by atoms with Crippen LogP contribution in [0.15, 0.2) is 30.3 Å². The maximum Gasteiger partial charge on any atom is 0.248 e. The van der Waals surface area contributed by atoms with E-state index in [2.05, 4.69) is 6.92 Å². The van der Waals surface area contributed by atoms with Gasteiger partial charge in [0.25, 0.3) is 0 Å². The molecule has 1 aromatic rings. The molecule has 1 atom stereocenters. The molecule has 1 aromatic carbocycles. The number of carbonyl (C=O) groups is 1. The van der Waals surface area contributed by atoms with Gasteiger partial charge in [0.15, 0.2) is 0 Å². The Morgan fingerprint density at radius 1 is 1.23 bits per heavy atom. The first kappa shape index (κ1) is 17.0. The molecule has 0 aliphatic carbocycles. The number of hydrogen-bond donors (Lipinski definition) is 0. The highest BCUT2D eigenvalue weighted by atomic mass is 16.5. The minimum absolute atomic E-state index is 0.0899. The summed E-state index contributed by atoms with van der Waals surface area (Å²) in [5.74, 6) is 0.0899. The van der Waals surface area contributed by atoms with Gasteiger partial charge in [0.2, 0.25) is 5.91 Å². The molecule has 2 rings (SSSR count). The van der Waals surface area contributed by atoms with Gasteiger partial charge in [-0.3, -0.25) is 4.79 Å². The zero-order valence-electron chi connectivity index (χ0n) is 13.5. The molecule has 0 unspecified atom stereocenters. The smallest absolute Gasteiger partial charge is 0.248 e. The van der Waals surface area contributed by atoms with Crippen LogP contribution in [0.25, 0.3) is 0 Å². The lowest BCUT2D eigenvalue weighted by atomic mass is 10.2. The summed E-state index contributed by atoms with van der Waals surface area (Å²) in [6.07, 6.45) is 4.35. The number of amides is 1. The molecule has 1 heterocycles. The Balaban J connectivity index is 1.69. The fourth-order valence-electron chi connectivity index (χ4n) is 2.69. The molecule has 4 heteroatoms. The Labute approximate surface area is 133 Å². The molecule has 1 aliphatic rings. The van der Waals surface area contributed by atoms with Crippen molar-refractivity contribution in [3.8, 4) is 0 Å². The number of nitrogens with zero attached hydrogens (tertiary/aromatic N) is 1. The molecule has 1 aliphatic heterocycles. The standard InChI is InChI=1S/C18H27NO3/c1-2-13-22-17-9-6-11-19(12-10-17)18(20)15-21-14-16-7-4-3-5-8-16/h3-5,7-8,17H,2,6,9-15H2,1H3/t17-/m1/s1. The molecule has 1 saturated heterocycles. The van der Waals surface area contributed by atoms with E-state index in [9.17, 15) is 4.79 Å². The molecular weight excluding hydrogens is 278 g/mol. The number of hydrogen-bond acceptors (Lipinski definition) is 3. The van der Waals surface area contributed by atoms with Crippen molar-refractivity contribution in [3.63, 3.8) is 0 Å². The lowest BCUT2D eigenvalue weighted by Crippen LogP contribution is -2.35. The lowest BCUT2D eigenvalue weighted by molar-refractivity contribution is -0.136. The number of carbonyl (C=O) groups excluding carboxylic acids is 1. The molecule has 1 fully saturated rings. The van der Waals surface area contributed by atoms with Crippen molar-refractivity contribution in [3.05, 3.63) is 35.9 Å². The third-order valence-electron chi connectivity index (χ3n) is 3.92. The molecule has 0 saturated carbocycles. The number of ether oxygens (including phenoxy) is 2. The van der Waals surface area contributed by atoms with E-state index in [0.717, 1.165) is 50.9 Å². The van der Waals surface area contributed by atoms with Crippen LogP contribution in [0.5, 0.6) is 0 Å². The first-order valence-corrected chi connectivity index (χ1v) is 8.30. The molecule has 0 N–H and O–H groups in total. The Bertz CT molecular complexity index is 435. The van der Waals surface area contributed by atoms with Crippen LogP contribution in [-0.2, 0) is 20.9 Å². The summed E-state index contributed by atoms with van der Waals surface area (Å²) < 4.78 is 11.4. The van der Waals surface area contributed by atoms with Crippen molar-refractivity contribution in [2.24, 2.45) is 0 Å². The third-order valence-corrected chi connectivity index (χ3v) is 3.92. The maximum absolute atomic E-state index is 12.2. The average Bonchev–Trinajstić information content (AvgIpc) is 2.79. The van der Waals surface area contributed by atoms with Gasteiger partial charge in [-0.2, -0.15) is 0 Å². The van der Waals surface area contributed by atoms with Crippen LogP contribution in [0, 0.1) is 0 Å². The van der Waals surface area contributed by atoms with E-state index in [1.54, 1.807) is 0 Å². The van der Waals surface area contributed by atoms with Crippen LogP contribution < -0.4 is 0 Å². The third kappa shape index (κ3) is 5.78. The van der Waals surface area contributed by atoms with Gasteiger partial charge >= 0.3 is 0 Å². The minimum atomic E-state index is 0.0899. The van der Waals surface area contributed by atoms with Crippen LogP contribution in [0.2, 0.25) is 0 Å². The van der Waals surface area contributed by atoms with Gasteiger partial charge in [0.05, 0.1) is 12.7 Å². The molecule has 0 bridgehead atoms. The van der Waals surface area contributed by atoms with Gasteiger partial charge in [-0.05, 0) is 31.2 Å². The van der Waals surface area contributed by atoms with Crippen molar-refractivity contribution in [2.75, 3.05) is 26.3 Å². The van der Waals surface area contributed by atoms with E-state index in [1.807, 2.05) is 35.2 Å². The second-order valence-corrected chi connectivity index (χ2v) is 5.78. The van der Waals surface area contributed by atoms with Crippen LogP contribution in [0.3, 0.4) is 0 Å². The summed E-state index contributed by atoms with van der Waals surface area (Å²) >= 11 is 0. The summed E-state index contributed by atoms with van der Waals surface area (Å²) in [6.45, 7) is 5.19. The Morgan fingerprint density at radius 2 is 2.05 bits per heavy atom. The predicted octanol–water partition coefficient (Wildman–Crippen LogP) is 3.01. The van der Waals surface area contributed by atoms with Crippen molar-refractivity contribution in [1.29, 1.82) is 0 Å². The van der Waals surface area contributed by atoms with E-state index < -0.39 is 0 Å². The second-order valence-electron chi connectivity index (χ2n) is 5.78. The number of benzene rings is 1. The highest BCUT2D eigenvalue weighted by molar-refractivity contribution is 5.77. The second kappa shape index (κ2) is 9.59. The van der Waals surface area contributed by atoms with E-state index in [-0.39, 0.29) is 12.5 Å². The van der Waals surface area contributed by atoms with Crippen molar-refractivity contribution < 1.29 is 14.3 Å². The van der Waals surface area contributed by atoms with Gasteiger partial charge < -0.3 is 14.4 Å². The fourth-order valence-corrected chi connectivity index (χ4v) is 2.69. The van der Waals surface area contributed by atoms with E-state index in [4.69, 9.17) is 9.47 Å². The monoisotopic (exact) mass is 305 g/mol. The molecule has 22 heavy (non-hydrogen) atoms. The van der Waals surface area contributed by atoms with Crippen LogP contribution >= 0.6 is 0 Å². The Hall–Kier alpha value is -1.39. The average molecular weight is 305 g/mol. The van der Waals surface area contributed by atoms with Gasteiger partial charge in [0, 0.05) is 19.7 Å². The highest BCUT2D eigenvalue weighted by Gasteiger charge is 2.20. The van der Waals surface area contributed by atoms with Gasteiger partial charge in [-0.1, -0.05) is 37.3 Å². The molecule has 0 aromatic heterocycles. The zero-order chi connectivity index (χ0) is 15.6. The highest BCUT2D eigenvalue weighted by Crippen LogP contribution is 2.15. The normalized spacial score (nSPS) is 19.0. The molecule has 4 nitrogen and oxygen atoms in total. The molecule has 0 spiro atoms. The van der Waals surface area contributed by atoms with E-state index in [1.165, 1.54) is 0 Å². The first-order chi connectivity index (χ1) is 10.8. The van der Waals surface area contributed by atoms with Gasteiger partial charge in [-0.15, -0.1) is 0 Å². The lowest BCUT2D eigenvalue weighted by Gasteiger charge is -2.20. The summed E-state index contributed by atoms with van der Waals surface area (Å²) in [6, 6.07) is 9.94. The summed E-state index contributed by atoms with van der Waals surface area (Å²) in [4.78, 5) is 14.1. The summed E-state index contributed by atoms with van der Waals surface area (Å²) in [5, 5.41) is 0. The predicted molar refractivity (Wildman–Crippen MR) is 86.6 cm³/mol. The summed E-state index contributed by atoms with van der Waals surface area (Å²) in [7, 11) is 0. The molecular formula is C18H27NO3. The quantitative estimate of drug-likeness (QED) is 0.777. The molecule has 122 valence electrons. The van der Waals surface area contributed by atoms with E-state index >= 15 is 0 Å². The van der Waals surface area contributed by atoms with Crippen molar-refractivity contribution >= 4 is 5.91 Å². The topological polar surface area (TPSA) is 38.8 Å². The van der Waals surface area contributed by atoms with Crippen LogP contribution in [0.1, 0.15) is 38.2 Å². The van der Waals surface area contributed by atoms with Crippen molar-refractivity contribution in [2.45, 2.75) is 45.3 Å². The molecule has 1 amide bonds.